The van der Waals surface area contributed by atoms with Gasteiger partial charge in [-0.2, -0.15) is 0 Å². The van der Waals surface area contributed by atoms with Gasteiger partial charge < -0.3 is 10.2 Å². The molecule has 2 aromatic carbocycles. The molecule has 0 unspecified atom stereocenters. The molecule has 0 amide bonds. The summed E-state index contributed by atoms with van der Waals surface area (Å²) in [4.78, 5) is 4.34. The third-order valence-electron chi connectivity index (χ3n) is 2.76. The minimum Gasteiger partial charge on any atom is -0.436 e. The summed E-state index contributed by atoms with van der Waals surface area (Å²) in [6.45, 7) is 0.456. The maximum Gasteiger partial charge on any atom is 0.227 e. The Morgan fingerprint density at radius 1 is 1.17 bits per heavy atom. The van der Waals surface area contributed by atoms with E-state index in [0.717, 1.165) is 11.1 Å². The molecular weight excluding hydrogens is 231 g/mol. The van der Waals surface area contributed by atoms with Crippen molar-refractivity contribution in [3.8, 4) is 11.5 Å². The van der Waals surface area contributed by atoms with Gasteiger partial charge in [0.1, 0.15) is 11.3 Å². The van der Waals surface area contributed by atoms with Crippen LogP contribution >= 0.6 is 0 Å². The Morgan fingerprint density at radius 2 is 2.06 bits per heavy atom. The lowest BCUT2D eigenvalue weighted by atomic mass is 10.2. The molecule has 2 N–H and O–H groups in total. The van der Waals surface area contributed by atoms with E-state index in [2.05, 4.69) is 4.98 Å². The second-order valence-electron chi connectivity index (χ2n) is 4.04. The quantitative estimate of drug-likeness (QED) is 0.751. The molecule has 0 aliphatic rings. The summed E-state index contributed by atoms with van der Waals surface area (Å²) in [7, 11) is 0. The number of nitrogens with zero attached hydrogens (tertiary/aromatic N) is 1. The average molecular weight is 242 g/mol. The third kappa shape index (κ3) is 1.87. The Kier molecular flexibility index (Phi) is 2.57. The molecule has 0 saturated heterocycles. The van der Waals surface area contributed by atoms with Crippen LogP contribution in [0.1, 0.15) is 5.56 Å². The lowest BCUT2D eigenvalue weighted by Crippen LogP contribution is -1.94. The first kappa shape index (κ1) is 10.9. The molecule has 3 nitrogen and oxygen atoms in total. The maximum absolute atomic E-state index is 13.1. The van der Waals surface area contributed by atoms with Crippen molar-refractivity contribution in [2.45, 2.75) is 6.54 Å². The van der Waals surface area contributed by atoms with Crippen molar-refractivity contribution in [1.29, 1.82) is 0 Å². The van der Waals surface area contributed by atoms with Crippen LogP contribution < -0.4 is 5.73 Å². The van der Waals surface area contributed by atoms with Gasteiger partial charge >= 0.3 is 0 Å². The monoisotopic (exact) mass is 242 g/mol. The number of oxazole rings is 1. The predicted molar refractivity (Wildman–Crippen MR) is 67.3 cm³/mol. The molecule has 0 fully saturated rings. The van der Waals surface area contributed by atoms with Crippen LogP contribution in [0.3, 0.4) is 0 Å². The molecule has 0 spiro atoms. The van der Waals surface area contributed by atoms with E-state index in [-0.39, 0.29) is 5.82 Å². The highest BCUT2D eigenvalue weighted by Crippen LogP contribution is 2.25. The Morgan fingerprint density at radius 3 is 2.83 bits per heavy atom. The van der Waals surface area contributed by atoms with E-state index < -0.39 is 0 Å². The summed E-state index contributed by atoms with van der Waals surface area (Å²) in [5, 5.41) is 0. The zero-order valence-electron chi connectivity index (χ0n) is 9.56. The SMILES string of the molecule is NCc1ccc2oc(-c3cccc(F)c3)nc2c1. The van der Waals surface area contributed by atoms with E-state index in [4.69, 9.17) is 10.2 Å². The van der Waals surface area contributed by atoms with Crippen molar-refractivity contribution < 1.29 is 8.81 Å². The molecule has 3 aromatic rings. The van der Waals surface area contributed by atoms with Crippen molar-refractivity contribution in [3.05, 3.63) is 53.8 Å². The Hall–Kier alpha value is -2.20. The number of nitrogens with two attached hydrogens (primary N) is 1. The summed E-state index contributed by atoms with van der Waals surface area (Å²) in [6, 6.07) is 11.8. The fourth-order valence-corrected chi connectivity index (χ4v) is 1.84. The summed E-state index contributed by atoms with van der Waals surface area (Å²) in [6.07, 6.45) is 0. The van der Waals surface area contributed by atoms with Crippen LogP contribution in [-0.2, 0) is 6.54 Å². The first-order chi connectivity index (χ1) is 8.76. The Labute approximate surface area is 103 Å². The van der Waals surface area contributed by atoms with Gasteiger partial charge in [0.05, 0.1) is 0 Å². The first-order valence-electron chi connectivity index (χ1n) is 5.62. The third-order valence-corrected chi connectivity index (χ3v) is 2.76. The molecule has 90 valence electrons. The smallest absolute Gasteiger partial charge is 0.227 e. The van der Waals surface area contributed by atoms with Crippen LogP contribution in [0.5, 0.6) is 0 Å². The second kappa shape index (κ2) is 4.23. The van der Waals surface area contributed by atoms with Gasteiger partial charge in [0, 0.05) is 12.1 Å². The lowest BCUT2D eigenvalue weighted by Gasteiger charge is -1.93. The minimum absolute atomic E-state index is 0.308. The number of hydrogen-bond acceptors (Lipinski definition) is 3. The molecule has 0 radical (unpaired) electrons. The summed E-state index contributed by atoms with van der Waals surface area (Å²) < 4.78 is 18.7. The molecule has 1 heterocycles. The summed E-state index contributed by atoms with van der Waals surface area (Å²) in [5.41, 5.74) is 8.59. The van der Waals surface area contributed by atoms with Gasteiger partial charge in [-0.05, 0) is 35.9 Å². The highest BCUT2D eigenvalue weighted by Gasteiger charge is 2.09. The van der Waals surface area contributed by atoms with Crippen molar-refractivity contribution in [2.24, 2.45) is 5.73 Å². The Balaban J connectivity index is 2.13. The number of halogens is 1. The van der Waals surface area contributed by atoms with Crippen molar-refractivity contribution in [1.82, 2.24) is 4.98 Å². The highest BCUT2D eigenvalue weighted by molar-refractivity contribution is 5.76. The van der Waals surface area contributed by atoms with Gasteiger partial charge in [0.15, 0.2) is 5.58 Å². The number of hydrogen-bond donors (Lipinski definition) is 1. The van der Waals surface area contributed by atoms with Gasteiger partial charge in [-0.3, -0.25) is 0 Å². The molecule has 0 saturated carbocycles. The standard InChI is InChI=1S/C14H11FN2O/c15-11-3-1-2-10(7-11)14-17-12-6-9(8-16)4-5-13(12)18-14/h1-7H,8,16H2. The van der Waals surface area contributed by atoms with E-state index in [9.17, 15) is 4.39 Å². The number of benzene rings is 2. The van der Waals surface area contributed by atoms with E-state index in [1.807, 2.05) is 18.2 Å². The van der Waals surface area contributed by atoms with Crippen molar-refractivity contribution in [2.75, 3.05) is 0 Å². The lowest BCUT2D eigenvalue weighted by molar-refractivity contribution is 0.611. The van der Waals surface area contributed by atoms with Gasteiger partial charge in [0.25, 0.3) is 0 Å². The fourth-order valence-electron chi connectivity index (χ4n) is 1.84. The number of aromatic nitrogens is 1. The molecule has 0 aliphatic heterocycles. The topological polar surface area (TPSA) is 52.0 Å². The average Bonchev–Trinajstić information content (AvgIpc) is 2.81. The fraction of sp³-hybridized carbons (Fsp3) is 0.0714. The number of fused-ring (bicyclic) bond motifs is 1. The summed E-state index contributed by atoms with van der Waals surface area (Å²) >= 11 is 0. The van der Waals surface area contributed by atoms with Gasteiger partial charge in [-0.15, -0.1) is 0 Å². The van der Waals surface area contributed by atoms with Crippen molar-refractivity contribution in [3.63, 3.8) is 0 Å². The van der Waals surface area contributed by atoms with Crippen LogP contribution in [0, 0.1) is 5.82 Å². The number of rotatable bonds is 2. The second-order valence-corrected chi connectivity index (χ2v) is 4.04. The molecule has 1 aromatic heterocycles. The van der Waals surface area contributed by atoms with Gasteiger partial charge in [0.2, 0.25) is 5.89 Å². The molecule has 3 rings (SSSR count). The van der Waals surface area contributed by atoms with E-state index >= 15 is 0 Å². The van der Waals surface area contributed by atoms with E-state index in [1.54, 1.807) is 12.1 Å². The van der Waals surface area contributed by atoms with Crippen molar-refractivity contribution >= 4 is 11.1 Å². The zero-order chi connectivity index (χ0) is 12.5. The van der Waals surface area contributed by atoms with Gasteiger partial charge in [-0.1, -0.05) is 12.1 Å². The van der Waals surface area contributed by atoms with Crippen LogP contribution in [-0.4, -0.2) is 4.98 Å². The molecule has 0 aliphatic carbocycles. The predicted octanol–water partition coefficient (Wildman–Crippen LogP) is 3.09. The van der Waals surface area contributed by atoms with E-state index in [1.165, 1.54) is 12.1 Å². The van der Waals surface area contributed by atoms with E-state index in [0.29, 0.717) is 23.6 Å². The largest absolute Gasteiger partial charge is 0.436 e. The molecular formula is C14H11FN2O. The van der Waals surface area contributed by atoms with Crippen LogP contribution in [0.4, 0.5) is 4.39 Å². The molecule has 0 atom stereocenters. The molecule has 4 heteroatoms. The van der Waals surface area contributed by atoms with Crippen LogP contribution in [0.2, 0.25) is 0 Å². The Bertz CT molecular complexity index is 706. The van der Waals surface area contributed by atoms with Crippen LogP contribution in [0.25, 0.3) is 22.6 Å². The first-order valence-corrected chi connectivity index (χ1v) is 5.62. The normalized spacial score (nSPS) is 11.0. The minimum atomic E-state index is -0.308. The van der Waals surface area contributed by atoms with Crippen LogP contribution in [0.15, 0.2) is 46.9 Å². The highest BCUT2D eigenvalue weighted by atomic mass is 19.1. The van der Waals surface area contributed by atoms with Gasteiger partial charge in [-0.25, -0.2) is 9.37 Å². The molecule has 0 bridgehead atoms. The molecule has 18 heavy (non-hydrogen) atoms. The maximum atomic E-state index is 13.1. The summed E-state index contributed by atoms with van der Waals surface area (Å²) in [5.74, 6) is 0.107. The zero-order valence-corrected chi connectivity index (χ0v) is 9.56.